The van der Waals surface area contributed by atoms with Crippen molar-refractivity contribution in [1.82, 2.24) is 0 Å². The molecule has 3 N–H and O–H groups in total. The summed E-state index contributed by atoms with van der Waals surface area (Å²) >= 11 is 4.33. The molecule has 0 amide bonds. The van der Waals surface area contributed by atoms with Crippen LogP contribution in [0.15, 0.2) is 24.3 Å². The summed E-state index contributed by atoms with van der Waals surface area (Å²) in [6.45, 7) is -7.72. The second kappa shape index (κ2) is 6.64. The lowest BCUT2D eigenvalue weighted by Crippen LogP contribution is -2.02. The fourth-order valence-electron chi connectivity index (χ4n) is 1.05. The van der Waals surface area contributed by atoms with Crippen LogP contribution in [0.3, 0.4) is 0 Å². The molecule has 1 aromatic carbocycles. The second-order valence-electron chi connectivity index (χ2n) is 3.66. The van der Waals surface area contributed by atoms with Crippen LogP contribution in [0.2, 0.25) is 0 Å². The molecule has 0 saturated carbocycles. The van der Waals surface area contributed by atoms with E-state index in [1.165, 1.54) is 24.3 Å². The summed E-state index contributed by atoms with van der Waals surface area (Å²) in [4.78, 5) is 38.5. The molecule has 8 nitrogen and oxygen atoms in total. The first kappa shape index (κ1) is 17.7. The van der Waals surface area contributed by atoms with Crippen LogP contribution < -0.4 is 4.52 Å². The Kier molecular flexibility index (Phi) is 5.89. The van der Waals surface area contributed by atoms with Crippen LogP contribution in [0.5, 0.6) is 5.75 Å². The molecule has 0 saturated heterocycles. The molecule has 0 heterocycles. The number of benzene rings is 1. The van der Waals surface area contributed by atoms with Crippen LogP contribution >= 0.6 is 13.4 Å². The van der Waals surface area contributed by atoms with Crippen molar-refractivity contribution in [2.45, 2.75) is 0 Å². The van der Waals surface area contributed by atoms with Crippen molar-refractivity contribution in [1.29, 1.82) is 0 Å². The van der Waals surface area contributed by atoms with E-state index in [1.54, 1.807) is 12.5 Å². The summed E-state index contributed by atoms with van der Waals surface area (Å²) in [5, 5.41) is 10.5. The molecular weight excluding hydrogens is 348 g/mol. The molecule has 0 aliphatic heterocycles. The monoisotopic (exact) mass is 361 g/mol. The van der Waals surface area contributed by atoms with Gasteiger partial charge in [-0.25, -0.2) is 4.31 Å². The molecule has 1 aromatic rings. The SMILES string of the molecule is CS(C)=P(O)(Oc1ccc([N+](=O)[O-])cc1)OP(O)(O)=S. The Balaban J connectivity index is 3.07. The zero-order chi connectivity index (χ0) is 15.6. The molecule has 20 heavy (non-hydrogen) atoms. The maximum atomic E-state index is 10.5. The zero-order valence-electron chi connectivity index (χ0n) is 10.4. The lowest BCUT2D eigenvalue weighted by Gasteiger charge is -2.23. The maximum absolute atomic E-state index is 10.5. The average molecular weight is 361 g/mol. The van der Waals surface area contributed by atoms with Gasteiger partial charge in [0.2, 0.25) is 0 Å². The predicted molar refractivity (Wildman–Crippen MR) is 81.9 cm³/mol. The van der Waals surface area contributed by atoms with Gasteiger partial charge in [-0.1, -0.05) is 0 Å². The number of nitrogens with zero attached hydrogens (tertiary/aromatic N) is 1. The van der Waals surface area contributed by atoms with Gasteiger partial charge < -0.3 is 19.2 Å². The standard InChI is InChI=1S/C8H13NO7P2S2/c1-20(2)18(14,16-17(12,13)19)15-8-5-3-7(4-6-8)9(10)11/h3-6,14H,1-2H3,(H2,12,13,19). The summed E-state index contributed by atoms with van der Waals surface area (Å²) in [5.74, 6) is 0.107. The van der Waals surface area contributed by atoms with Crippen molar-refractivity contribution in [3.8, 4) is 5.75 Å². The van der Waals surface area contributed by atoms with E-state index >= 15 is 0 Å². The van der Waals surface area contributed by atoms with Crippen LogP contribution in [0, 0.1) is 10.1 Å². The lowest BCUT2D eigenvalue weighted by molar-refractivity contribution is -0.384. The third-order valence-electron chi connectivity index (χ3n) is 1.94. The number of nitro benzene ring substituents is 1. The van der Waals surface area contributed by atoms with E-state index in [0.717, 1.165) is 0 Å². The fourth-order valence-corrected chi connectivity index (χ4v) is 7.27. The summed E-state index contributed by atoms with van der Waals surface area (Å²) in [6, 6.07) is 4.93. The molecule has 1 atom stereocenters. The molecule has 1 rings (SSSR count). The highest BCUT2D eigenvalue weighted by atomic mass is 32.5. The van der Waals surface area contributed by atoms with Crippen molar-refractivity contribution in [2.24, 2.45) is 0 Å². The number of hydrogen-bond acceptors (Lipinski definition) is 5. The van der Waals surface area contributed by atoms with E-state index in [9.17, 15) is 15.0 Å². The summed E-state index contributed by atoms with van der Waals surface area (Å²) < 4.78 is 9.98. The Morgan fingerprint density at radius 2 is 1.75 bits per heavy atom. The number of nitro groups is 1. The molecule has 12 heteroatoms. The fraction of sp³-hybridized carbons (Fsp3) is 0.250. The van der Waals surface area contributed by atoms with Gasteiger partial charge in [0.05, 0.1) is 4.92 Å². The van der Waals surface area contributed by atoms with Crippen molar-refractivity contribution in [3.05, 3.63) is 34.4 Å². The van der Waals surface area contributed by atoms with Gasteiger partial charge in [-0.3, -0.25) is 10.1 Å². The van der Waals surface area contributed by atoms with Crippen LogP contribution in [0.25, 0.3) is 0 Å². The Morgan fingerprint density at radius 1 is 1.25 bits per heavy atom. The third kappa shape index (κ3) is 5.23. The third-order valence-corrected chi connectivity index (χ3v) is 9.17. The van der Waals surface area contributed by atoms with Crippen molar-refractivity contribution in [3.63, 3.8) is 0 Å². The highest BCUT2D eigenvalue weighted by Crippen LogP contribution is 2.60. The average Bonchev–Trinajstić information content (AvgIpc) is 2.26. The van der Waals surface area contributed by atoms with Gasteiger partial charge in [0, 0.05) is 12.1 Å². The van der Waals surface area contributed by atoms with Crippen LogP contribution in [-0.4, -0.2) is 32.1 Å². The van der Waals surface area contributed by atoms with Gasteiger partial charge in [0.25, 0.3) is 5.69 Å². The molecule has 114 valence electrons. The first-order valence-corrected chi connectivity index (χ1v) is 11.8. The molecule has 0 aliphatic carbocycles. The Morgan fingerprint density at radius 3 is 2.10 bits per heavy atom. The Hall–Kier alpha value is -0.310. The zero-order valence-corrected chi connectivity index (χ0v) is 13.9. The van der Waals surface area contributed by atoms with Crippen molar-refractivity contribution in [2.75, 3.05) is 12.5 Å². The van der Waals surface area contributed by atoms with E-state index < -0.39 is 28.4 Å². The molecule has 1 unspecified atom stereocenters. The van der Waals surface area contributed by atoms with Gasteiger partial charge in [-0.05, 0) is 36.5 Å². The van der Waals surface area contributed by atoms with E-state index in [1.807, 2.05) is 0 Å². The topological polar surface area (TPSA) is 122 Å². The quantitative estimate of drug-likeness (QED) is 0.412. The molecule has 0 aromatic heterocycles. The van der Waals surface area contributed by atoms with Crippen molar-refractivity contribution < 1.29 is 28.4 Å². The maximum Gasteiger partial charge on any atom is 0.341 e. The smallest absolute Gasteiger partial charge is 0.341 e. The summed E-state index contributed by atoms with van der Waals surface area (Å²) in [5.41, 5.74) is -0.137. The first-order valence-electron chi connectivity index (χ1n) is 4.94. The normalized spacial score (nSPS) is 14.9. The molecule has 0 radical (unpaired) electrons. The number of rotatable bonds is 5. The van der Waals surface area contributed by atoms with Gasteiger partial charge in [0.1, 0.15) is 5.75 Å². The lowest BCUT2D eigenvalue weighted by atomic mass is 10.3. The van der Waals surface area contributed by atoms with Gasteiger partial charge in [-0.15, -0.1) is 10.1 Å². The molecule has 0 aliphatic rings. The number of non-ortho nitro benzene ring substituents is 1. The highest BCUT2D eigenvalue weighted by molar-refractivity contribution is 8.29. The van der Waals surface area contributed by atoms with E-state index in [4.69, 9.17) is 18.6 Å². The minimum absolute atomic E-state index is 0.107. The minimum atomic E-state index is -4.10. The molecule has 0 fully saturated rings. The number of hydrogen-bond donors (Lipinski definition) is 3. The van der Waals surface area contributed by atoms with E-state index in [2.05, 4.69) is 11.8 Å². The van der Waals surface area contributed by atoms with Gasteiger partial charge >= 0.3 is 13.4 Å². The first-order chi connectivity index (χ1) is 9.03. The van der Waals surface area contributed by atoms with Gasteiger partial charge in [-0.2, -0.15) is 0 Å². The summed E-state index contributed by atoms with van der Waals surface area (Å²) in [7, 11) is -0.851. The van der Waals surface area contributed by atoms with Gasteiger partial charge in [0.15, 0.2) is 0 Å². The molecule has 0 spiro atoms. The Bertz CT molecular complexity index is 608. The minimum Gasteiger partial charge on any atom is -0.428 e. The predicted octanol–water partition coefficient (Wildman–Crippen LogP) is 1.75. The van der Waals surface area contributed by atoms with Crippen LogP contribution in [0.1, 0.15) is 0 Å². The van der Waals surface area contributed by atoms with Crippen molar-refractivity contribution >= 4 is 41.0 Å². The van der Waals surface area contributed by atoms with E-state index in [-0.39, 0.29) is 11.4 Å². The summed E-state index contributed by atoms with van der Waals surface area (Å²) in [6.07, 6.45) is 3.17. The van der Waals surface area contributed by atoms with Crippen LogP contribution in [-0.2, 0) is 26.2 Å². The highest BCUT2D eigenvalue weighted by Gasteiger charge is 2.28. The van der Waals surface area contributed by atoms with E-state index in [0.29, 0.717) is 0 Å². The molecular formula is C8H13NO7P2S2. The molecule has 0 bridgehead atoms. The second-order valence-corrected chi connectivity index (χ2v) is 13.0. The Labute approximate surface area is 122 Å². The largest absolute Gasteiger partial charge is 0.428 e. The van der Waals surface area contributed by atoms with Crippen LogP contribution in [0.4, 0.5) is 5.69 Å².